The monoisotopic (exact) mass is 328 g/mol. The fourth-order valence-electron chi connectivity index (χ4n) is 2.48. The number of benzene rings is 1. The van der Waals surface area contributed by atoms with Crippen molar-refractivity contribution in [1.82, 2.24) is 9.62 Å². The van der Waals surface area contributed by atoms with Gasteiger partial charge >= 0.3 is 0 Å². The lowest BCUT2D eigenvalue weighted by Crippen LogP contribution is -2.33. The molecule has 1 unspecified atom stereocenters. The Bertz CT molecular complexity index is 553. The number of hydrogen-bond acceptors (Lipinski definition) is 4. The molecule has 1 aromatic rings. The van der Waals surface area contributed by atoms with Crippen molar-refractivity contribution in [3.05, 3.63) is 29.8 Å². The van der Waals surface area contributed by atoms with Crippen LogP contribution in [0.1, 0.15) is 31.9 Å². The van der Waals surface area contributed by atoms with E-state index in [0.29, 0.717) is 18.0 Å². The molecule has 0 bridgehead atoms. The normalized spacial score (nSPS) is 19.1. The highest BCUT2D eigenvalue weighted by Gasteiger charge is 2.25. The maximum Gasteiger partial charge on any atom is 0.243 e. The average molecular weight is 329 g/mol. The first-order valence-corrected chi connectivity index (χ1v) is 10.1. The molecule has 1 aliphatic heterocycles. The highest BCUT2D eigenvalue weighted by molar-refractivity contribution is 7.99. The third-order valence-corrected chi connectivity index (χ3v) is 6.63. The summed E-state index contributed by atoms with van der Waals surface area (Å²) in [7, 11) is -3.36. The molecule has 118 valence electrons. The molecule has 21 heavy (non-hydrogen) atoms. The topological polar surface area (TPSA) is 49.4 Å². The quantitative estimate of drug-likeness (QED) is 0.902. The summed E-state index contributed by atoms with van der Waals surface area (Å²) in [5.41, 5.74) is 1.02. The third-order valence-electron chi connectivity index (χ3n) is 3.69. The fraction of sp³-hybridized carbons (Fsp3) is 0.600. The van der Waals surface area contributed by atoms with Crippen molar-refractivity contribution >= 4 is 21.8 Å². The van der Waals surface area contributed by atoms with Gasteiger partial charge in [-0.05, 0) is 43.3 Å². The van der Waals surface area contributed by atoms with Gasteiger partial charge in [-0.1, -0.05) is 19.1 Å². The minimum Gasteiger partial charge on any atom is -0.310 e. The van der Waals surface area contributed by atoms with E-state index in [1.165, 1.54) is 0 Å². The second-order valence-electron chi connectivity index (χ2n) is 5.22. The smallest absolute Gasteiger partial charge is 0.243 e. The van der Waals surface area contributed by atoms with Crippen molar-refractivity contribution < 1.29 is 8.42 Å². The third kappa shape index (κ3) is 4.22. The van der Waals surface area contributed by atoms with Crippen LogP contribution in [0.3, 0.4) is 0 Å². The van der Waals surface area contributed by atoms with Crippen LogP contribution in [0.15, 0.2) is 29.2 Å². The van der Waals surface area contributed by atoms with Crippen LogP contribution in [0, 0.1) is 0 Å². The van der Waals surface area contributed by atoms with Gasteiger partial charge in [0, 0.05) is 24.9 Å². The number of sulfonamides is 1. The van der Waals surface area contributed by atoms with E-state index < -0.39 is 10.0 Å². The number of nitrogens with one attached hydrogen (secondary N) is 1. The minimum atomic E-state index is -3.36. The molecule has 1 saturated heterocycles. The molecule has 0 aromatic heterocycles. The summed E-state index contributed by atoms with van der Waals surface area (Å²) in [6.07, 6.45) is 0.928. The Morgan fingerprint density at radius 3 is 2.90 bits per heavy atom. The van der Waals surface area contributed by atoms with Gasteiger partial charge in [-0.3, -0.25) is 0 Å². The van der Waals surface area contributed by atoms with Gasteiger partial charge in [0.05, 0.1) is 4.90 Å². The van der Waals surface area contributed by atoms with Crippen LogP contribution in [-0.2, 0) is 10.0 Å². The zero-order valence-electron chi connectivity index (χ0n) is 12.7. The molecule has 1 atom stereocenters. The average Bonchev–Trinajstić information content (AvgIpc) is 2.77. The van der Waals surface area contributed by atoms with E-state index in [-0.39, 0.29) is 6.04 Å². The van der Waals surface area contributed by atoms with E-state index in [4.69, 9.17) is 0 Å². The Morgan fingerprint density at radius 1 is 1.33 bits per heavy atom. The highest BCUT2D eigenvalue weighted by atomic mass is 32.2. The molecule has 0 aliphatic carbocycles. The first-order chi connectivity index (χ1) is 10.1. The molecule has 2 rings (SSSR count). The number of rotatable bonds is 5. The van der Waals surface area contributed by atoms with Crippen LogP contribution in [0.4, 0.5) is 0 Å². The van der Waals surface area contributed by atoms with E-state index in [1.54, 1.807) is 16.4 Å². The zero-order valence-corrected chi connectivity index (χ0v) is 14.3. The highest BCUT2D eigenvalue weighted by Crippen LogP contribution is 2.22. The minimum absolute atomic E-state index is 0.157. The molecule has 6 heteroatoms. The fourth-order valence-corrected chi connectivity index (χ4v) is 5.02. The van der Waals surface area contributed by atoms with Crippen LogP contribution in [0.2, 0.25) is 0 Å². The van der Waals surface area contributed by atoms with Crippen molar-refractivity contribution in [2.45, 2.75) is 31.2 Å². The standard InChI is InChI=1S/C15H24N2O2S2/c1-3-16-13(2)14-6-4-7-15(12-14)21(18,19)17-8-5-10-20-11-9-17/h4,6-7,12-13,16H,3,5,8-11H2,1-2H3. The van der Waals surface area contributed by atoms with Gasteiger partial charge in [0.2, 0.25) is 10.0 Å². The molecule has 0 radical (unpaired) electrons. The lowest BCUT2D eigenvalue weighted by atomic mass is 10.1. The van der Waals surface area contributed by atoms with E-state index in [0.717, 1.165) is 30.0 Å². The molecule has 1 fully saturated rings. The Hall–Kier alpha value is -0.560. The lowest BCUT2D eigenvalue weighted by molar-refractivity contribution is 0.435. The van der Waals surface area contributed by atoms with E-state index in [1.807, 2.05) is 30.8 Å². The molecular formula is C15H24N2O2S2. The zero-order chi connectivity index (χ0) is 15.3. The largest absolute Gasteiger partial charge is 0.310 e. The molecule has 1 heterocycles. The van der Waals surface area contributed by atoms with E-state index in [9.17, 15) is 8.42 Å². The summed E-state index contributed by atoms with van der Waals surface area (Å²) in [5, 5.41) is 3.32. The van der Waals surface area contributed by atoms with Crippen LogP contribution < -0.4 is 5.32 Å². The van der Waals surface area contributed by atoms with Crippen molar-refractivity contribution in [2.24, 2.45) is 0 Å². The van der Waals surface area contributed by atoms with Crippen molar-refractivity contribution in [3.8, 4) is 0 Å². The second kappa shape index (κ2) is 7.63. The Balaban J connectivity index is 2.25. The predicted molar refractivity (Wildman–Crippen MR) is 89.2 cm³/mol. The Labute approximate surface area is 132 Å². The Morgan fingerprint density at radius 2 is 2.14 bits per heavy atom. The second-order valence-corrected chi connectivity index (χ2v) is 8.38. The maximum absolute atomic E-state index is 12.8. The SMILES string of the molecule is CCNC(C)c1cccc(S(=O)(=O)N2CCCSCC2)c1. The van der Waals surface area contributed by atoms with Crippen LogP contribution in [0.5, 0.6) is 0 Å². The summed E-state index contributed by atoms with van der Waals surface area (Å²) < 4.78 is 27.2. The summed E-state index contributed by atoms with van der Waals surface area (Å²) in [6.45, 7) is 6.20. The van der Waals surface area contributed by atoms with E-state index >= 15 is 0 Å². The Kier molecular flexibility index (Phi) is 6.10. The summed E-state index contributed by atoms with van der Waals surface area (Å²) in [5.74, 6) is 1.93. The van der Waals surface area contributed by atoms with Gasteiger partial charge in [0.15, 0.2) is 0 Å². The molecule has 0 spiro atoms. The first-order valence-electron chi connectivity index (χ1n) is 7.47. The van der Waals surface area contributed by atoms with Gasteiger partial charge < -0.3 is 5.32 Å². The first kappa shape index (κ1) is 16.8. The summed E-state index contributed by atoms with van der Waals surface area (Å²) in [4.78, 5) is 0.414. The van der Waals surface area contributed by atoms with Crippen molar-refractivity contribution in [3.63, 3.8) is 0 Å². The van der Waals surface area contributed by atoms with E-state index in [2.05, 4.69) is 12.2 Å². The molecule has 0 saturated carbocycles. The molecule has 1 N–H and O–H groups in total. The molecule has 1 aromatic carbocycles. The van der Waals surface area contributed by atoms with Crippen LogP contribution in [-0.4, -0.2) is 43.9 Å². The maximum atomic E-state index is 12.8. The van der Waals surface area contributed by atoms with Gasteiger partial charge in [-0.25, -0.2) is 8.42 Å². The van der Waals surface area contributed by atoms with Gasteiger partial charge in [0.1, 0.15) is 0 Å². The van der Waals surface area contributed by atoms with Crippen molar-refractivity contribution in [1.29, 1.82) is 0 Å². The van der Waals surface area contributed by atoms with Gasteiger partial charge in [-0.2, -0.15) is 16.1 Å². The number of thioether (sulfide) groups is 1. The van der Waals surface area contributed by atoms with Crippen LogP contribution >= 0.6 is 11.8 Å². The lowest BCUT2D eigenvalue weighted by Gasteiger charge is -2.21. The van der Waals surface area contributed by atoms with Crippen molar-refractivity contribution in [2.75, 3.05) is 31.1 Å². The summed E-state index contributed by atoms with van der Waals surface area (Å²) in [6, 6.07) is 7.48. The van der Waals surface area contributed by atoms with Crippen LogP contribution in [0.25, 0.3) is 0 Å². The molecular weight excluding hydrogens is 304 g/mol. The summed E-state index contributed by atoms with van der Waals surface area (Å²) >= 11 is 1.83. The van der Waals surface area contributed by atoms with Gasteiger partial charge in [-0.15, -0.1) is 0 Å². The number of hydrogen-bond donors (Lipinski definition) is 1. The molecule has 1 aliphatic rings. The van der Waals surface area contributed by atoms with Gasteiger partial charge in [0.25, 0.3) is 0 Å². The predicted octanol–water partition coefficient (Wildman–Crippen LogP) is 2.48. The molecule has 0 amide bonds. The molecule has 4 nitrogen and oxygen atoms in total. The number of nitrogens with zero attached hydrogens (tertiary/aromatic N) is 1.